The van der Waals surface area contributed by atoms with Crippen molar-refractivity contribution < 1.29 is 19.4 Å². The van der Waals surface area contributed by atoms with Crippen LogP contribution in [0.25, 0.3) is 0 Å². The minimum absolute atomic E-state index is 0.267. The molecule has 0 saturated heterocycles. The molecule has 0 radical (unpaired) electrons. The molecule has 19 heavy (non-hydrogen) atoms. The van der Waals surface area contributed by atoms with Gasteiger partial charge in [0.15, 0.2) is 0 Å². The highest BCUT2D eigenvalue weighted by molar-refractivity contribution is 5.94. The zero-order valence-electron chi connectivity index (χ0n) is 10.7. The molecule has 0 atom stereocenters. The van der Waals surface area contributed by atoms with E-state index in [4.69, 9.17) is 0 Å². The Bertz CT molecular complexity index is 497. The number of carbonyl (C=O) groups excluding carboxylic acids is 1. The first kappa shape index (κ1) is 13.3. The summed E-state index contributed by atoms with van der Waals surface area (Å²) in [5.41, 5.74) is -0.421. The first-order chi connectivity index (χ1) is 9.09. The number of hydrogen-bond acceptors (Lipinski definition) is 5. The molecule has 1 aromatic rings. The number of nitrogens with one attached hydrogen (secondary N) is 1. The summed E-state index contributed by atoms with van der Waals surface area (Å²) in [4.78, 5) is 26.9. The highest BCUT2D eigenvalue weighted by Gasteiger charge is 2.44. The van der Waals surface area contributed by atoms with Gasteiger partial charge in [0.05, 0.1) is 12.5 Å². The van der Waals surface area contributed by atoms with E-state index >= 15 is 0 Å². The fourth-order valence-corrected chi connectivity index (χ4v) is 2.14. The van der Waals surface area contributed by atoms with Gasteiger partial charge in [-0.15, -0.1) is 0 Å². The monoisotopic (exact) mass is 264 g/mol. The second-order valence-electron chi connectivity index (χ2n) is 4.68. The molecule has 1 aromatic heterocycles. The van der Waals surface area contributed by atoms with Crippen LogP contribution >= 0.6 is 0 Å². The van der Waals surface area contributed by atoms with Crippen molar-refractivity contribution in [1.29, 1.82) is 0 Å². The summed E-state index contributed by atoms with van der Waals surface area (Å²) in [5, 5.41) is 12.2. The molecule has 6 nitrogen and oxygen atoms in total. The lowest BCUT2D eigenvalue weighted by Gasteiger charge is -2.37. The maximum absolute atomic E-state index is 11.6. The molecule has 0 unspecified atom stereocenters. The molecule has 2 rings (SSSR count). The van der Waals surface area contributed by atoms with Gasteiger partial charge in [0.2, 0.25) is 0 Å². The van der Waals surface area contributed by atoms with Gasteiger partial charge in [-0.2, -0.15) is 0 Å². The summed E-state index contributed by atoms with van der Waals surface area (Å²) >= 11 is 0. The van der Waals surface area contributed by atoms with Gasteiger partial charge in [0.25, 0.3) is 0 Å². The number of rotatable bonds is 5. The van der Waals surface area contributed by atoms with Gasteiger partial charge in [-0.3, -0.25) is 4.79 Å². The average Bonchev–Trinajstić information content (AvgIpc) is 2.36. The maximum atomic E-state index is 11.6. The number of carboxylic acids is 1. The molecule has 0 aromatic carbocycles. The molecule has 102 valence electrons. The number of anilines is 1. The normalized spacial score (nSPS) is 16.3. The minimum Gasteiger partial charge on any atom is -0.481 e. The number of carboxylic acid groups (broad SMARTS) is 1. The lowest BCUT2D eigenvalue weighted by atomic mass is 9.69. The highest BCUT2D eigenvalue weighted by Crippen LogP contribution is 2.41. The standard InChI is InChI=1S/C13H16N2O4/c1-19-11(16)9-4-2-7-14-10(9)15-8-13(12(17)18)5-3-6-13/h2,4,7H,3,5-6,8H2,1H3,(H,14,15)(H,17,18). The lowest BCUT2D eigenvalue weighted by Crippen LogP contribution is -2.43. The Labute approximate surface area is 110 Å². The van der Waals surface area contributed by atoms with Crippen LogP contribution < -0.4 is 5.32 Å². The molecule has 0 amide bonds. The van der Waals surface area contributed by atoms with Crippen molar-refractivity contribution in [3.63, 3.8) is 0 Å². The van der Waals surface area contributed by atoms with Crippen molar-refractivity contribution in [2.45, 2.75) is 19.3 Å². The first-order valence-electron chi connectivity index (χ1n) is 6.10. The summed E-state index contributed by atoms with van der Waals surface area (Å²) in [5.74, 6) is -0.933. The molecule has 1 aliphatic carbocycles. The van der Waals surface area contributed by atoms with E-state index in [0.29, 0.717) is 24.2 Å². The summed E-state index contributed by atoms with van der Waals surface area (Å²) in [6.07, 6.45) is 3.76. The molecule has 0 aliphatic heterocycles. The maximum Gasteiger partial charge on any atom is 0.341 e. The van der Waals surface area contributed by atoms with Gasteiger partial charge in [-0.05, 0) is 25.0 Å². The lowest BCUT2D eigenvalue weighted by molar-refractivity contribution is -0.153. The van der Waals surface area contributed by atoms with E-state index in [2.05, 4.69) is 15.0 Å². The predicted molar refractivity (Wildman–Crippen MR) is 68.0 cm³/mol. The van der Waals surface area contributed by atoms with E-state index in [-0.39, 0.29) is 6.54 Å². The SMILES string of the molecule is COC(=O)c1cccnc1NCC1(C(=O)O)CCC1. The van der Waals surface area contributed by atoms with Crippen molar-refractivity contribution in [1.82, 2.24) is 4.98 Å². The van der Waals surface area contributed by atoms with Crippen molar-refractivity contribution in [2.75, 3.05) is 19.0 Å². The molecule has 0 bridgehead atoms. The second kappa shape index (κ2) is 5.26. The Balaban J connectivity index is 2.11. The highest BCUT2D eigenvalue weighted by atomic mass is 16.5. The van der Waals surface area contributed by atoms with Crippen LogP contribution in [0.5, 0.6) is 0 Å². The Hall–Kier alpha value is -2.11. The van der Waals surface area contributed by atoms with Crippen LogP contribution in [0.2, 0.25) is 0 Å². The fourth-order valence-electron chi connectivity index (χ4n) is 2.14. The molecular formula is C13H16N2O4. The number of carbonyl (C=O) groups is 2. The number of hydrogen-bond donors (Lipinski definition) is 2. The van der Waals surface area contributed by atoms with Crippen LogP contribution in [0.4, 0.5) is 5.82 Å². The molecule has 2 N–H and O–H groups in total. The molecule has 0 spiro atoms. The molecular weight excluding hydrogens is 248 g/mol. The fraction of sp³-hybridized carbons (Fsp3) is 0.462. The molecule has 1 aliphatic rings. The summed E-state index contributed by atoms with van der Waals surface area (Å²) < 4.78 is 4.66. The number of aromatic nitrogens is 1. The van der Waals surface area contributed by atoms with Gasteiger partial charge in [0, 0.05) is 12.7 Å². The topological polar surface area (TPSA) is 88.5 Å². The number of nitrogens with zero attached hydrogens (tertiary/aromatic N) is 1. The van der Waals surface area contributed by atoms with Crippen molar-refractivity contribution in [3.05, 3.63) is 23.9 Å². The van der Waals surface area contributed by atoms with E-state index in [9.17, 15) is 14.7 Å². The molecule has 1 fully saturated rings. The van der Waals surface area contributed by atoms with E-state index in [1.54, 1.807) is 18.3 Å². The predicted octanol–water partition coefficient (Wildman–Crippen LogP) is 1.54. The summed E-state index contributed by atoms with van der Waals surface area (Å²) in [6.45, 7) is 0.267. The number of methoxy groups -OCH3 is 1. The third-order valence-electron chi connectivity index (χ3n) is 3.57. The number of esters is 1. The largest absolute Gasteiger partial charge is 0.481 e. The van der Waals surface area contributed by atoms with Crippen LogP contribution in [0.1, 0.15) is 29.6 Å². The van der Waals surface area contributed by atoms with Gasteiger partial charge in [0.1, 0.15) is 11.4 Å². The van der Waals surface area contributed by atoms with E-state index in [1.807, 2.05) is 0 Å². The molecule has 6 heteroatoms. The molecule has 1 saturated carbocycles. The van der Waals surface area contributed by atoms with Crippen LogP contribution in [-0.4, -0.2) is 35.7 Å². The van der Waals surface area contributed by atoms with Gasteiger partial charge in [-0.25, -0.2) is 9.78 Å². The Morgan fingerprint density at radius 2 is 2.26 bits per heavy atom. The zero-order valence-corrected chi connectivity index (χ0v) is 10.7. The Kier molecular flexibility index (Phi) is 3.69. The Morgan fingerprint density at radius 3 is 2.79 bits per heavy atom. The quantitative estimate of drug-likeness (QED) is 0.784. The van der Waals surface area contributed by atoms with Crippen LogP contribution in [0.15, 0.2) is 18.3 Å². The summed E-state index contributed by atoms with van der Waals surface area (Å²) in [6, 6.07) is 3.23. The van der Waals surface area contributed by atoms with E-state index in [1.165, 1.54) is 7.11 Å². The number of aliphatic carboxylic acids is 1. The minimum atomic E-state index is -0.804. The third kappa shape index (κ3) is 2.52. The van der Waals surface area contributed by atoms with E-state index in [0.717, 1.165) is 6.42 Å². The number of pyridine rings is 1. The van der Waals surface area contributed by atoms with Crippen LogP contribution in [0.3, 0.4) is 0 Å². The van der Waals surface area contributed by atoms with Crippen molar-refractivity contribution in [2.24, 2.45) is 5.41 Å². The van der Waals surface area contributed by atoms with Gasteiger partial charge < -0.3 is 15.2 Å². The third-order valence-corrected chi connectivity index (χ3v) is 3.57. The smallest absolute Gasteiger partial charge is 0.341 e. The van der Waals surface area contributed by atoms with E-state index < -0.39 is 17.4 Å². The van der Waals surface area contributed by atoms with Crippen LogP contribution in [-0.2, 0) is 9.53 Å². The average molecular weight is 264 g/mol. The van der Waals surface area contributed by atoms with Gasteiger partial charge in [-0.1, -0.05) is 6.42 Å². The second-order valence-corrected chi connectivity index (χ2v) is 4.68. The van der Waals surface area contributed by atoms with Crippen molar-refractivity contribution >= 4 is 17.8 Å². The zero-order chi connectivity index (χ0) is 13.9. The first-order valence-corrected chi connectivity index (χ1v) is 6.10. The number of ether oxygens (including phenoxy) is 1. The van der Waals surface area contributed by atoms with Gasteiger partial charge >= 0.3 is 11.9 Å². The Morgan fingerprint density at radius 1 is 1.53 bits per heavy atom. The van der Waals surface area contributed by atoms with Crippen molar-refractivity contribution in [3.8, 4) is 0 Å². The van der Waals surface area contributed by atoms with Crippen LogP contribution in [0, 0.1) is 5.41 Å². The molecule has 1 heterocycles. The summed E-state index contributed by atoms with van der Waals surface area (Å²) in [7, 11) is 1.30.